The number of nitrogens with zero attached hydrogens (tertiary/aromatic N) is 2. The summed E-state index contributed by atoms with van der Waals surface area (Å²) in [4.78, 5) is 5.33. The minimum atomic E-state index is -5.66. The van der Waals surface area contributed by atoms with E-state index < -0.39 is 122 Å². The number of rotatable bonds is 4. The van der Waals surface area contributed by atoms with Crippen molar-refractivity contribution >= 4 is 0 Å². The van der Waals surface area contributed by atoms with Gasteiger partial charge in [0, 0.05) is 36.3 Å². The van der Waals surface area contributed by atoms with E-state index in [4.69, 9.17) is 0 Å². The predicted molar refractivity (Wildman–Crippen MR) is 213 cm³/mol. The van der Waals surface area contributed by atoms with E-state index in [2.05, 4.69) is 9.80 Å². The maximum atomic E-state index is 14.2. The maximum Gasteiger partial charge on any atom is 0.393 e. The minimum Gasteiger partial charge on any atom is -0.294 e. The first-order valence-corrected chi connectivity index (χ1v) is 25.5. The summed E-state index contributed by atoms with van der Waals surface area (Å²) in [5, 5.41) is 0. The first kappa shape index (κ1) is 51.6. The Labute approximate surface area is 385 Å². The van der Waals surface area contributed by atoms with Gasteiger partial charge in [0.05, 0.1) is 35.5 Å². The Morgan fingerprint density at radius 1 is 0.265 bits per heavy atom. The smallest absolute Gasteiger partial charge is 0.294 e. The Bertz CT molecular complexity index is 1550. The molecule has 2 aliphatic heterocycles. The second-order valence-electron chi connectivity index (χ2n) is 23.1. The molecule has 7 saturated carbocycles. The van der Waals surface area contributed by atoms with E-state index in [-0.39, 0.29) is 36.3 Å². The summed E-state index contributed by atoms with van der Waals surface area (Å²) in [5.74, 6) is -21.5. The van der Waals surface area contributed by atoms with Gasteiger partial charge in [0.25, 0.3) is 0 Å². The molecule has 20 heteroatoms. The SMILES string of the molecule is FC(F)(F)C1CC(C2CCC(N3C4CCCCC4C4C5C6CCCCC6N(C6CCC(C7CC(C(F)(F)F)C(C(F)(F)F)C(C(F)(F)F)C7)CC6)C5CCC43)CC2)CC(C(F)(F)F)C1C(F)(F)F. The van der Waals surface area contributed by atoms with Crippen molar-refractivity contribution in [2.24, 2.45) is 82.9 Å². The van der Waals surface area contributed by atoms with Gasteiger partial charge < -0.3 is 0 Å². The van der Waals surface area contributed by atoms with Crippen molar-refractivity contribution in [3.05, 3.63) is 0 Å². The summed E-state index contributed by atoms with van der Waals surface area (Å²) in [7, 11) is 0. The normalized spacial score (nSPS) is 46.1. The van der Waals surface area contributed by atoms with Crippen LogP contribution in [0.1, 0.15) is 141 Å². The van der Waals surface area contributed by atoms with Gasteiger partial charge in [0.15, 0.2) is 0 Å². The quantitative estimate of drug-likeness (QED) is 0.259. The fourth-order valence-electron chi connectivity index (χ4n) is 18.0. The van der Waals surface area contributed by atoms with Gasteiger partial charge in [-0.25, -0.2) is 0 Å². The van der Waals surface area contributed by atoms with Crippen LogP contribution in [0, 0.1) is 82.9 Å². The number of likely N-dealkylation sites (tertiary alicyclic amines) is 2. The molecule has 0 N–H and O–H groups in total. The lowest BCUT2D eigenvalue weighted by atomic mass is 9.61. The van der Waals surface area contributed by atoms with Crippen LogP contribution < -0.4 is 0 Å². The van der Waals surface area contributed by atoms with Crippen molar-refractivity contribution in [2.45, 2.75) is 215 Å². The van der Waals surface area contributed by atoms with Crippen molar-refractivity contribution < 1.29 is 79.0 Å². The molecule has 9 aliphatic rings. The third-order valence-corrected chi connectivity index (χ3v) is 20.2. The molecule has 0 radical (unpaired) electrons. The van der Waals surface area contributed by atoms with Crippen LogP contribution in [0.5, 0.6) is 0 Å². The molecule has 0 amide bonds. The minimum absolute atomic E-state index is 0.0433. The fourth-order valence-corrected chi connectivity index (χ4v) is 18.0. The summed E-state index contributed by atoms with van der Waals surface area (Å²) >= 11 is 0. The van der Waals surface area contributed by atoms with Crippen LogP contribution in [-0.2, 0) is 0 Å². The van der Waals surface area contributed by atoms with Gasteiger partial charge in [-0.2, -0.15) is 79.0 Å². The van der Waals surface area contributed by atoms with E-state index in [9.17, 15) is 79.0 Å². The van der Waals surface area contributed by atoms with E-state index in [1.54, 1.807) is 0 Å². The molecule has 12 atom stereocenters. The third kappa shape index (κ3) is 9.55. The molecule has 0 bridgehead atoms. The van der Waals surface area contributed by atoms with Crippen LogP contribution >= 0.6 is 0 Å². The molecule has 0 aromatic carbocycles. The van der Waals surface area contributed by atoms with Gasteiger partial charge in [-0.1, -0.05) is 25.7 Å². The van der Waals surface area contributed by atoms with E-state index in [0.29, 0.717) is 75.0 Å². The van der Waals surface area contributed by atoms with Crippen LogP contribution in [0.25, 0.3) is 0 Å². The fraction of sp³-hybridized carbons (Fsp3) is 1.00. The second kappa shape index (κ2) is 18.2. The average molecular weight is 1010 g/mol. The molecule has 68 heavy (non-hydrogen) atoms. The van der Waals surface area contributed by atoms with Crippen LogP contribution in [0.2, 0.25) is 0 Å². The van der Waals surface area contributed by atoms with Gasteiger partial charge in [-0.15, -0.1) is 0 Å². The van der Waals surface area contributed by atoms with Gasteiger partial charge in [0.1, 0.15) is 0 Å². The number of fused-ring (bicyclic) bond motifs is 7. The lowest BCUT2D eigenvalue weighted by molar-refractivity contribution is -0.318. The zero-order chi connectivity index (χ0) is 49.3. The van der Waals surface area contributed by atoms with Crippen molar-refractivity contribution in [3.8, 4) is 0 Å². The molecule has 9 rings (SSSR count). The Morgan fingerprint density at radius 2 is 0.544 bits per heavy atom. The number of hydrogen-bond acceptors (Lipinski definition) is 2. The van der Waals surface area contributed by atoms with Gasteiger partial charge in [-0.3, -0.25) is 9.80 Å². The van der Waals surface area contributed by atoms with E-state index in [0.717, 1.165) is 64.2 Å². The molecule has 392 valence electrons. The van der Waals surface area contributed by atoms with Gasteiger partial charge >= 0.3 is 37.1 Å². The first-order chi connectivity index (χ1) is 31.5. The molecular weight excluding hydrogens is 947 g/mol. The van der Waals surface area contributed by atoms with Crippen molar-refractivity contribution in [1.82, 2.24) is 9.80 Å². The zero-order valence-electron chi connectivity index (χ0n) is 37.8. The van der Waals surface area contributed by atoms with Crippen LogP contribution in [-0.4, -0.2) is 83.1 Å². The second-order valence-corrected chi connectivity index (χ2v) is 23.1. The average Bonchev–Trinajstić information content (AvgIpc) is 3.76. The Balaban J connectivity index is 0.898. The Kier molecular flexibility index (Phi) is 13.8. The monoisotopic (exact) mass is 1010 g/mol. The highest BCUT2D eigenvalue weighted by atomic mass is 19.4. The van der Waals surface area contributed by atoms with E-state index >= 15 is 0 Å². The largest absolute Gasteiger partial charge is 0.393 e. The molecule has 2 saturated heterocycles. The molecule has 2 heterocycles. The summed E-state index contributed by atoms with van der Waals surface area (Å²) in [6.45, 7) is 0. The highest BCUT2D eigenvalue weighted by Gasteiger charge is 2.69. The lowest BCUT2D eigenvalue weighted by Crippen LogP contribution is -2.54. The van der Waals surface area contributed by atoms with Crippen molar-refractivity contribution in [3.63, 3.8) is 0 Å². The highest BCUT2D eigenvalue weighted by molar-refractivity contribution is 5.16. The van der Waals surface area contributed by atoms with E-state index in [1.807, 2.05) is 0 Å². The molecule has 7 aliphatic carbocycles. The number of halogens is 18. The standard InChI is InChI=1S/C48H64F18N2/c49-43(50,51)31-19-25(20-32(44(52,53)54)41(31)47(61,62)63)23-9-13-27(14-10-23)67-35-7-3-1-5-29(35)39-37(67)17-18-38-40(39)30-6-2-4-8-36(30)68(38)28-15-11-24(12-16-28)26-21-33(45(55,56)57)42(48(64,65)66)34(22-26)46(58,59)60/h23-42H,1-22H2. The molecular formula is C48H64F18N2. The molecule has 12 unspecified atom stereocenters. The topological polar surface area (TPSA) is 6.48 Å². The molecule has 2 nitrogen and oxygen atoms in total. The highest BCUT2D eigenvalue weighted by Crippen LogP contribution is 2.64. The Morgan fingerprint density at radius 3 is 0.809 bits per heavy atom. The van der Waals surface area contributed by atoms with Gasteiger partial charge in [0.2, 0.25) is 0 Å². The lowest BCUT2D eigenvalue weighted by Gasteiger charge is -2.50. The summed E-state index contributed by atoms with van der Waals surface area (Å²) in [5.41, 5.74) is 0. The van der Waals surface area contributed by atoms with Crippen molar-refractivity contribution in [1.29, 1.82) is 0 Å². The molecule has 0 aromatic rings. The van der Waals surface area contributed by atoms with E-state index in [1.165, 1.54) is 0 Å². The summed E-state index contributed by atoms with van der Waals surface area (Å²) < 4.78 is 254. The third-order valence-electron chi connectivity index (χ3n) is 20.2. The van der Waals surface area contributed by atoms with Crippen LogP contribution in [0.15, 0.2) is 0 Å². The Hall–Kier alpha value is -1.34. The first-order valence-electron chi connectivity index (χ1n) is 25.5. The van der Waals surface area contributed by atoms with Crippen molar-refractivity contribution in [2.75, 3.05) is 0 Å². The van der Waals surface area contributed by atoms with Crippen LogP contribution in [0.4, 0.5) is 79.0 Å². The number of hydrogen-bond donors (Lipinski definition) is 0. The molecule has 9 fully saturated rings. The predicted octanol–water partition coefficient (Wildman–Crippen LogP) is 15.5. The molecule has 0 aromatic heterocycles. The summed E-state index contributed by atoms with van der Waals surface area (Å²) in [6, 6.07) is 1.02. The molecule has 0 spiro atoms. The number of alkyl halides is 18. The summed E-state index contributed by atoms with van der Waals surface area (Å²) in [6.07, 6.45) is -23.6. The van der Waals surface area contributed by atoms with Gasteiger partial charge in [-0.05, 0) is 163 Å². The maximum absolute atomic E-state index is 14.2. The van der Waals surface area contributed by atoms with Crippen LogP contribution in [0.3, 0.4) is 0 Å². The zero-order valence-corrected chi connectivity index (χ0v) is 37.8.